The summed E-state index contributed by atoms with van der Waals surface area (Å²) in [5.74, 6) is 0. The third kappa shape index (κ3) is 1.01. The highest BCUT2D eigenvalue weighted by Crippen LogP contribution is 2.28. The third-order valence-electron chi connectivity index (χ3n) is 1.55. The van der Waals surface area contributed by atoms with Crippen LogP contribution in [0.2, 0.25) is 10.0 Å². The molecule has 0 aliphatic carbocycles. The minimum Gasteiger partial charge on any atom is -0.352 e. The van der Waals surface area contributed by atoms with Gasteiger partial charge >= 0.3 is 0 Å². The lowest BCUT2D eigenvalue weighted by Gasteiger charge is -1.95. The van der Waals surface area contributed by atoms with Crippen LogP contribution in [0.5, 0.6) is 0 Å². The Morgan fingerprint density at radius 2 is 2.09 bits per heavy atom. The maximum atomic E-state index is 5.88. The third-order valence-corrected chi connectivity index (χ3v) is 2.36. The molecule has 1 aromatic heterocycles. The van der Waals surface area contributed by atoms with Crippen molar-refractivity contribution in [1.82, 2.24) is 4.98 Å². The predicted molar refractivity (Wildman–Crippen MR) is 47.2 cm³/mol. The molecule has 1 heterocycles. The van der Waals surface area contributed by atoms with E-state index in [1.54, 1.807) is 6.07 Å². The van der Waals surface area contributed by atoms with Crippen LogP contribution in [0, 0.1) is 6.20 Å². The van der Waals surface area contributed by atoms with Crippen molar-refractivity contribution in [3.63, 3.8) is 0 Å². The van der Waals surface area contributed by atoms with E-state index in [1.807, 2.05) is 12.1 Å². The van der Waals surface area contributed by atoms with Crippen LogP contribution < -0.4 is 0 Å². The number of hydrogen-bond donors (Lipinski definition) is 1. The topological polar surface area (TPSA) is 15.8 Å². The Morgan fingerprint density at radius 3 is 2.91 bits per heavy atom. The van der Waals surface area contributed by atoms with Gasteiger partial charge in [0, 0.05) is 5.39 Å². The number of halogens is 2. The predicted octanol–water partition coefficient (Wildman–Crippen LogP) is 3.27. The van der Waals surface area contributed by atoms with Crippen LogP contribution in [0.1, 0.15) is 0 Å². The number of H-pyrrole nitrogens is 1. The molecule has 2 rings (SSSR count). The van der Waals surface area contributed by atoms with Crippen LogP contribution in [-0.2, 0) is 0 Å². The van der Waals surface area contributed by atoms with E-state index in [-0.39, 0.29) is 0 Å². The quantitative estimate of drug-likeness (QED) is 0.648. The number of nitrogens with one attached hydrogen (secondary N) is 1. The molecule has 0 bridgehead atoms. The van der Waals surface area contributed by atoms with Crippen molar-refractivity contribution in [2.45, 2.75) is 0 Å². The van der Waals surface area contributed by atoms with Crippen LogP contribution in [0.15, 0.2) is 18.2 Å². The monoisotopic (exact) mass is 184 g/mol. The number of rotatable bonds is 0. The molecule has 1 aromatic carbocycles. The first-order valence-corrected chi connectivity index (χ1v) is 3.87. The lowest BCUT2D eigenvalue weighted by molar-refractivity contribution is 1.46. The SMILES string of the molecule is Clc1ccc2c[c][nH]c2c1Cl. The van der Waals surface area contributed by atoms with Gasteiger partial charge in [0.25, 0.3) is 0 Å². The van der Waals surface area contributed by atoms with Crippen LogP contribution >= 0.6 is 23.2 Å². The molecule has 0 fully saturated rings. The summed E-state index contributed by atoms with van der Waals surface area (Å²) in [4.78, 5) is 2.89. The van der Waals surface area contributed by atoms with Crippen molar-refractivity contribution in [1.29, 1.82) is 0 Å². The van der Waals surface area contributed by atoms with Crippen molar-refractivity contribution >= 4 is 34.1 Å². The second-order valence-corrected chi connectivity index (χ2v) is 3.02. The maximum absolute atomic E-state index is 5.88. The Hall–Kier alpha value is -0.660. The highest BCUT2D eigenvalue weighted by molar-refractivity contribution is 6.45. The van der Waals surface area contributed by atoms with E-state index in [1.165, 1.54) is 0 Å². The summed E-state index contributed by atoms with van der Waals surface area (Å²) in [5, 5.41) is 2.15. The summed E-state index contributed by atoms with van der Waals surface area (Å²) < 4.78 is 0. The largest absolute Gasteiger partial charge is 0.352 e. The zero-order chi connectivity index (χ0) is 7.84. The highest BCUT2D eigenvalue weighted by atomic mass is 35.5. The van der Waals surface area contributed by atoms with E-state index in [9.17, 15) is 0 Å². The zero-order valence-corrected chi connectivity index (χ0v) is 7.00. The van der Waals surface area contributed by atoms with Crippen LogP contribution in [0.4, 0.5) is 0 Å². The van der Waals surface area contributed by atoms with Gasteiger partial charge in [0.05, 0.1) is 21.8 Å². The first-order chi connectivity index (χ1) is 5.29. The Balaban J connectivity index is 2.93. The van der Waals surface area contributed by atoms with Crippen LogP contribution in [0.3, 0.4) is 0 Å². The smallest absolute Gasteiger partial charge is 0.0833 e. The van der Waals surface area contributed by atoms with Gasteiger partial charge in [-0.3, -0.25) is 0 Å². The summed E-state index contributed by atoms with van der Waals surface area (Å²) in [5.41, 5.74) is 0.846. The molecule has 2 aromatic rings. The molecule has 0 atom stereocenters. The fourth-order valence-electron chi connectivity index (χ4n) is 0.999. The molecule has 0 spiro atoms. The lowest BCUT2D eigenvalue weighted by atomic mass is 10.2. The van der Waals surface area contributed by atoms with Crippen molar-refractivity contribution < 1.29 is 0 Å². The number of hydrogen-bond acceptors (Lipinski definition) is 0. The molecule has 55 valence electrons. The molecular formula is C8H4Cl2N. The Labute approximate surface area is 73.9 Å². The van der Waals surface area contributed by atoms with Gasteiger partial charge in [-0.25, -0.2) is 0 Å². The second kappa shape index (κ2) is 2.43. The lowest BCUT2D eigenvalue weighted by Crippen LogP contribution is -1.71. The molecule has 0 amide bonds. The zero-order valence-electron chi connectivity index (χ0n) is 5.49. The summed E-state index contributed by atoms with van der Waals surface area (Å²) in [6.07, 6.45) is 2.84. The van der Waals surface area contributed by atoms with Gasteiger partial charge in [0.15, 0.2) is 0 Å². The van der Waals surface area contributed by atoms with Gasteiger partial charge in [-0.15, -0.1) is 0 Å². The Morgan fingerprint density at radius 1 is 1.27 bits per heavy atom. The van der Waals surface area contributed by atoms with E-state index >= 15 is 0 Å². The summed E-state index contributed by atoms with van der Waals surface area (Å²) in [6, 6.07) is 5.50. The number of fused-ring (bicyclic) bond motifs is 1. The molecule has 1 N–H and O–H groups in total. The van der Waals surface area contributed by atoms with Crippen LogP contribution in [0.25, 0.3) is 10.9 Å². The molecular weight excluding hydrogens is 181 g/mol. The molecule has 0 aliphatic heterocycles. The fraction of sp³-hybridized carbons (Fsp3) is 0. The van der Waals surface area contributed by atoms with Crippen molar-refractivity contribution in [3.05, 3.63) is 34.4 Å². The molecule has 0 aliphatic rings. The van der Waals surface area contributed by atoms with Crippen molar-refractivity contribution in [2.75, 3.05) is 0 Å². The van der Waals surface area contributed by atoms with Gasteiger partial charge in [0.1, 0.15) is 0 Å². The van der Waals surface area contributed by atoms with E-state index in [0.29, 0.717) is 10.0 Å². The van der Waals surface area contributed by atoms with Crippen LogP contribution in [-0.4, -0.2) is 4.98 Å². The highest BCUT2D eigenvalue weighted by Gasteiger charge is 2.02. The Bertz CT molecular complexity index is 392. The summed E-state index contributed by atoms with van der Waals surface area (Å²) >= 11 is 11.7. The van der Waals surface area contributed by atoms with Gasteiger partial charge < -0.3 is 4.98 Å². The second-order valence-electron chi connectivity index (χ2n) is 2.24. The van der Waals surface area contributed by atoms with E-state index in [4.69, 9.17) is 23.2 Å². The average Bonchev–Trinajstić information content (AvgIpc) is 2.45. The molecule has 1 nitrogen and oxygen atoms in total. The molecule has 1 radical (unpaired) electrons. The molecule has 11 heavy (non-hydrogen) atoms. The van der Waals surface area contributed by atoms with Gasteiger partial charge in [-0.2, -0.15) is 0 Å². The first kappa shape index (κ1) is 7.01. The van der Waals surface area contributed by atoms with E-state index in [0.717, 1.165) is 10.9 Å². The molecule has 0 saturated heterocycles. The van der Waals surface area contributed by atoms with Crippen molar-refractivity contribution in [2.24, 2.45) is 0 Å². The Kier molecular flexibility index (Phi) is 1.55. The van der Waals surface area contributed by atoms with Gasteiger partial charge in [-0.1, -0.05) is 29.3 Å². The molecule has 0 saturated carbocycles. The fourth-order valence-corrected chi connectivity index (χ4v) is 1.38. The summed E-state index contributed by atoms with van der Waals surface area (Å²) in [6.45, 7) is 0. The van der Waals surface area contributed by atoms with Crippen molar-refractivity contribution in [3.8, 4) is 0 Å². The minimum atomic E-state index is 0.561. The maximum Gasteiger partial charge on any atom is 0.0833 e. The average molecular weight is 185 g/mol. The number of benzene rings is 1. The number of aromatic amines is 1. The van der Waals surface area contributed by atoms with Gasteiger partial charge in [0.2, 0.25) is 0 Å². The van der Waals surface area contributed by atoms with Gasteiger partial charge in [-0.05, 0) is 12.1 Å². The number of aromatic nitrogens is 1. The first-order valence-electron chi connectivity index (χ1n) is 3.12. The molecule has 0 unspecified atom stereocenters. The minimum absolute atomic E-state index is 0.561. The van der Waals surface area contributed by atoms with E-state index in [2.05, 4.69) is 11.2 Å². The molecule has 3 heteroatoms. The van der Waals surface area contributed by atoms with E-state index < -0.39 is 0 Å². The summed E-state index contributed by atoms with van der Waals surface area (Å²) in [7, 11) is 0. The normalized spacial score (nSPS) is 10.7. The standard InChI is InChI=1S/C8H4Cl2N/c9-6-2-1-5-3-4-11-8(5)7(6)10/h1-3,11H.